The Kier molecular flexibility index (Phi) is 4.11. The summed E-state index contributed by atoms with van der Waals surface area (Å²) in [5.41, 5.74) is -0.871. The molecule has 0 aliphatic rings. The summed E-state index contributed by atoms with van der Waals surface area (Å²) in [6.07, 6.45) is 0. The van der Waals surface area contributed by atoms with Gasteiger partial charge in [-0.15, -0.1) is 0 Å². The first-order chi connectivity index (χ1) is 8.40. The van der Waals surface area contributed by atoms with Crippen LogP contribution in [0.3, 0.4) is 0 Å². The number of carboxylic acids is 2. The highest BCUT2D eigenvalue weighted by molar-refractivity contribution is 5.99. The van der Waals surface area contributed by atoms with E-state index in [1.54, 1.807) is 0 Å². The van der Waals surface area contributed by atoms with E-state index < -0.39 is 23.3 Å². The molecule has 7 nitrogen and oxygen atoms in total. The molecule has 98 valence electrons. The number of hydrogen-bond acceptors (Lipinski definition) is 5. The lowest BCUT2D eigenvalue weighted by molar-refractivity contribution is 0.0691. The van der Waals surface area contributed by atoms with E-state index in [9.17, 15) is 14.7 Å². The lowest BCUT2D eigenvalue weighted by atomic mass is 10.0. The van der Waals surface area contributed by atoms with Crippen molar-refractivity contribution in [3.63, 3.8) is 0 Å². The highest BCUT2D eigenvalue weighted by atomic mass is 16.5. The van der Waals surface area contributed by atoms with Crippen LogP contribution in [0.1, 0.15) is 26.3 Å². The minimum atomic E-state index is -1.46. The largest absolute Gasteiger partial charge is 0.504 e. The summed E-state index contributed by atoms with van der Waals surface area (Å²) in [7, 11) is 0. The number of hydrogen-bond donors (Lipinski definition) is 4. The number of aliphatic hydroxyl groups is 1. The Balaban J connectivity index is 3.45. The molecule has 18 heavy (non-hydrogen) atoms. The fourth-order valence-electron chi connectivity index (χ4n) is 1.49. The van der Waals surface area contributed by atoms with Crippen molar-refractivity contribution in [3.8, 4) is 11.5 Å². The van der Waals surface area contributed by atoms with E-state index in [2.05, 4.69) is 0 Å². The predicted octanol–water partition coefficient (Wildman–Crippen LogP) is 0.468. The fraction of sp³-hybridized carbons (Fsp3) is 0.273. The van der Waals surface area contributed by atoms with Crippen LogP contribution in [-0.4, -0.2) is 45.6 Å². The Labute approximate surface area is 102 Å². The third-order valence-electron chi connectivity index (χ3n) is 2.32. The zero-order chi connectivity index (χ0) is 13.9. The van der Waals surface area contributed by atoms with Crippen molar-refractivity contribution in [3.05, 3.63) is 22.8 Å². The Hall–Kier alpha value is -2.28. The van der Waals surface area contributed by atoms with Crippen LogP contribution >= 0.6 is 0 Å². The predicted molar refractivity (Wildman–Crippen MR) is 59.3 cm³/mol. The molecule has 0 bridgehead atoms. The van der Waals surface area contributed by atoms with Gasteiger partial charge in [0.1, 0.15) is 12.2 Å². The van der Waals surface area contributed by atoms with Gasteiger partial charge in [-0.1, -0.05) is 0 Å². The molecule has 4 N–H and O–H groups in total. The zero-order valence-electron chi connectivity index (χ0n) is 9.51. The quantitative estimate of drug-likeness (QED) is 0.603. The van der Waals surface area contributed by atoms with Gasteiger partial charge in [0.25, 0.3) is 0 Å². The minimum absolute atomic E-state index is 0.0659. The first-order valence-corrected chi connectivity index (χ1v) is 4.97. The number of ether oxygens (including phenoxy) is 1. The van der Waals surface area contributed by atoms with Crippen LogP contribution in [0, 0.1) is 6.92 Å². The Morgan fingerprint density at radius 2 is 1.89 bits per heavy atom. The second-order valence-electron chi connectivity index (χ2n) is 3.45. The molecule has 0 amide bonds. The van der Waals surface area contributed by atoms with E-state index in [0.717, 1.165) is 6.07 Å². The van der Waals surface area contributed by atoms with Gasteiger partial charge >= 0.3 is 11.9 Å². The zero-order valence-corrected chi connectivity index (χ0v) is 9.51. The molecular weight excluding hydrogens is 244 g/mol. The number of carbonyl (C=O) groups is 2. The Bertz CT molecular complexity index is 493. The fourth-order valence-corrected chi connectivity index (χ4v) is 1.49. The molecule has 7 heteroatoms. The second kappa shape index (κ2) is 5.37. The third kappa shape index (κ3) is 2.51. The topological polar surface area (TPSA) is 124 Å². The molecule has 0 aliphatic heterocycles. The van der Waals surface area contributed by atoms with E-state index in [-0.39, 0.29) is 30.1 Å². The lowest BCUT2D eigenvalue weighted by Gasteiger charge is -2.13. The van der Waals surface area contributed by atoms with E-state index in [0.29, 0.717) is 0 Å². The average Bonchev–Trinajstić information content (AvgIpc) is 2.27. The van der Waals surface area contributed by atoms with Gasteiger partial charge < -0.3 is 25.2 Å². The summed E-state index contributed by atoms with van der Waals surface area (Å²) in [6, 6.07) is 1.02. The number of aromatic carboxylic acids is 2. The van der Waals surface area contributed by atoms with Crippen molar-refractivity contribution in [2.75, 3.05) is 13.2 Å². The molecule has 0 spiro atoms. The summed E-state index contributed by atoms with van der Waals surface area (Å²) >= 11 is 0. The van der Waals surface area contributed by atoms with Gasteiger partial charge in [0.15, 0.2) is 11.5 Å². The van der Waals surface area contributed by atoms with Crippen LogP contribution < -0.4 is 4.74 Å². The van der Waals surface area contributed by atoms with Crippen molar-refractivity contribution < 1.29 is 34.8 Å². The maximum absolute atomic E-state index is 11.0. The molecule has 1 aromatic carbocycles. The average molecular weight is 256 g/mol. The van der Waals surface area contributed by atoms with Crippen molar-refractivity contribution in [1.82, 2.24) is 0 Å². The van der Waals surface area contributed by atoms with Gasteiger partial charge in [-0.2, -0.15) is 0 Å². The van der Waals surface area contributed by atoms with Crippen molar-refractivity contribution in [2.24, 2.45) is 0 Å². The lowest BCUT2D eigenvalue weighted by Crippen LogP contribution is -2.10. The first-order valence-electron chi connectivity index (χ1n) is 4.97. The van der Waals surface area contributed by atoms with Crippen molar-refractivity contribution >= 4 is 11.9 Å². The van der Waals surface area contributed by atoms with Gasteiger partial charge in [0.05, 0.1) is 12.2 Å². The summed E-state index contributed by atoms with van der Waals surface area (Å²) in [5.74, 6) is -3.73. The Morgan fingerprint density at radius 1 is 1.28 bits per heavy atom. The number of rotatable bonds is 5. The third-order valence-corrected chi connectivity index (χ3v) is 2.32. The molecule has 0 saturated carbocycles. The van der Waals surface area contributed by atoms with Gasteiger partial charge in [-0.05, 0) is 18.6 Å². The monoisotopic (exact) mass is 256 g/mol. The molecule has 1 aromatic rings. The van der Waals surface area contributed by atoms with Crippen LogP contribution in [0.2, 0.25) is 0 Å². The maximum Gasteiger partial charge on any atom is 0.339 e. The molecule has 0 heterocycles. The van der Waals surface area contributed by atoms with Gasteiger partial charge in [0.2, 0.25) is 0 Å². The number of aromatic hydroxyl groups is 1. The summed E-state index contributed by atoms with van der Waals surface area (Å²) < 4.78 is 4.90. The highest BCUT2D eigenvalue weighted by Gasteiger charge is 2.23. The number of phenols is 1. The molecule has 0 saturated heterocycles. The second-order valence-corrected chi connectivity index (χ2v) is 3.45. The van der Waals surface area contributed by atoms with Crippen molar-refractivity contribution in [1.29, 1.82) is 0 Å². The summed E-state index contributed by atoms with van der Waals surface area (Å²) in [5, 5.41) is 36.2. The molecule has 0 fully saturated rings. The molecule has 0 atom stereocenters. The molecule has 0 aromatic heterocycles. The van der Waals surface area contributed by atoms with E-state index >= 15 is 0 Å². The van der Waals surface area contributed by atoms with E-state index in [4.69, 9.17) is 20.1 Å². The molecule has 0 aliphatic carbocycles. The van der Waals surface area contributed by atoms with Gasteiger partial charge in [0, 0.05) is 0 Å². The standard InChI is InChI=1S/C11H12O7/c1-5-6(10(14)15)4-7(18-3-2-12)9(13)8(5)11(16)17/h4,12-13H,2-3H2,1H3,(H,14,15)(H,16,17). The highest BCUT2D eigenvalue weighted by Crippen LogP contribution is 2.35. The SMILES string of the molecule is Cc1c(C(=O)O)cc(OCCO)c(O)c1C(=O)O. The molecule has 0 unspecified atom stereocenters. The number of carboxylic acid groups (broad SMARTS) is 2. The summed E-state index contributed by atoms with van der Waals surface area (Å²) in [4.78, 5) is 21.9. The van der Waals surface area contributed by atoms with Crippen LogP contribution in [-0.2, 0) is 0 Å². The normalized spacial score (nSPS) is 10.1. The summed E-state index contributed by atoms with van der Waals surface area (Å²) in [6.45, 7) is 0.745. The van der Waals surface area contributed by atoms with Crippen LogP contribution in [0.4, 0.5) is 0 Å². The molecule has 0 radical (unpaired) electrons. The smallest absolute Gasteiger partial charge is 0.339 e. The van der Waals surface area contributed by atoms with Gasteiger partial charge in [-0.25, -0.2) is 9.59 Å². The number of benzene rings is 1. The van der Waals surface area contributed by atoms with Crippen molar-refractivity contribution in [2.45, 2.75) is 6.92 Å². The van der Waals surface area contributed by atoms with Gasteiger partial charge in [-0.3, -0.25) is 0 Å². The first kappa shape index (κ1) is 13.8. The maximum atomic E-state index is 11.0. The van der Waals surface area contributed by atoms with E-state index in [1.807, 2.05) is 0 Å². The Morgan fingerprint density at radius 3 is 2.33 bits per heavy atom. The van der Waals surface area contributed by atoms with Crippen LogP contribution in [0.25, 0.3) is 0 Å². The minimum Gasteiger partial charge on any atom is -0.504 e. The van der Waals surface area contributed by atoms with E-state index in [1.165, 1.54) is 6.92 Å². The molecule has 1 rings (SSSR count). The van der Waals surface area contributed by atoms with Crippen LogP contribution in [0.5, 0.6) is 11.5 Å². The number of aliphatic hydroxyl groups excluding tert-OH is 1. The molecular formula is C11H12O7. The van der Waals surface area contributed by atoms with Crippen LogP contribution in [0.15, 0.2) is 6.07 Å².